The summed E-state index contributed by atoms with van der Waals surface area (Å²) in [5, 5.41) is 10.6. The van der Waals surface area contributed by atoms with Crippen LogP contribution >= 0.6 is 11.3 Å². The third-order valence-corrected chi connectivity index (χ3v) is 7.29. The van der Waals surface area contributed by atoms with Crippen LogP contribution in [0.1, 0.15) is 25.6 Å². The molecule has 0 aliphatic carbocycles. The lowest BCUT2D eigenvalue weighted by molar-refractivity contribution is -0.123. The molecule has 190 valence electrons. The quantitative estimate of drug-likeness (QED) is 0.236. The van der Waals surface area contributed by atoms with E-state index in [2.05, 4.69) is 54.5 Å². The number of anilines is 1. The molecule has 0 saturated carbocycles. The van der Waals surface area contributed by atoms with Gasteiger partial charge >= 0.3 is 0 Å². The van der Waals surface area contributed by atoms with E-state index in [0.29, 0.717) is 39.4 Å². The molecule has 0 atom stereocenters. The summed E-state index contributed by atoms with van der Waals surface area (Å²) in [5.74, 6) is -0.101. The highest BCUT2D eigenvalue weighted by atomic mass is 32.1. The van der Waals surface area contributed by atoms with E-state index in [4.69, 9.17) is 0 Å². The predicted octanol–water partition coefficient (Wildman–Crippen LogP) is 6.72. The molecule has 0 saturated heterocycles. The molecule has 1 amide bonds. The van der Waals surface area contributed by atoms with Crippen LogP contribution in [0.4, 0.5) is 10.1 Å². The minimum absolute atomic E-state index is 0.134. The summed E-state index contributed by atoms with van der Waals surface area (Å²) in [6, 6.07) is 11.1. The Morgan fingerprint density at radius 3 is 2.68 bits per heavy atom. The van der Waals surface area contributed by atoms with Crippen molar-refractivity contribution in [2.24, 2.45) is 5.41 Å². The maximum Gasteiger partial charge on any atom is 0.229 e. The molecule has 0 aliphatic heterocycles. The number of carbonyl (C=O) groups is 1. The van der Waals surface area contributed by atoms with Crippen molar-refractivity contribution in [3.8, 4) is 33.1 Å². The van der Waals surface area contributed by atoms with Crippen LogP contribution in [0.15, 0.2) is 55.0 Å². The fraction of sp³-hybridized carbons (Fsp3) is 0.179. The second-order valence-corrected chi connectivity index (χ2v) is 11.5. The Bertz CT molecular complexity index is 1840. The summed E-state index contributed by atoms with van der Waals surface area (Å²) in [5.41, 5.74) is 4.36. The van der Waals surface area contributed by atoms with Gasteiger partial charge in [-0.25, -0.2) is 14.4 Å². The van der Waals surface area contributed by atoms with Gasteiger partial charge in [0, 0.05) is 44.1 Å². The van der Waals surface area contributed by atoms with Crippen molar-refractivity contribution in [1.82, 2.24) is 30.1 Å². The number of H-pyrrole nitrogens is 2. The molecule has 0 radical (unpaired) electrons. The number of aromatic amines is 2. The predicted molar refractivity (Wildman–Crippen MR) is 148 cm³/mol. The molecule has 10 heteroatoms. The van der Waals surface area contributed by atoms with Gasteiger partial charge in [-0.05, 0) is 48.9 Å². The topological polar surface area (TPSA) is 112 Å². The van der Waals surface area contributed by atoms with E-state index in [1.54, 1.807) is 36.0 Å². The number of fused-ring (bicyclic) bond motifs is 2. The minimum Gasteiger partial charge on any atom is -0.335 e. The molecule has 5 heterocycles. The lowest BCUT2D eigenvalue weighted by Gasteiger charge is -2.17. The van der Waals surface area contributed by atoms with Gasteiger partial charge in [0.1, 0.15) is 11.2 Å². The number of halogens is 1. The number of pyridine rings is 2. The molecule has 1 aromatic carbocycles. The van der Waals surface area contributed by atoms with Crippen molar-refractivity contribution in [1.29, 1.82) is 0 Å². The molecule has 6 rings (SSSR count). The number of rotatable bonds is 4. The smallest absolute Gasteiger partial charge is 0.229 e. The van der Waals surface area contributed by atoms with Crippen molar-refractivity contribution >= 4 is 45.0 Å². The largest absolute Gasteiger partial charge is 0.335 e. The van der Waals surface area contributed by atoms with E-state index in [-0.39, 0.29) is 11.4 Å². The van der Waals surface area contributed by atoms with Crippen LogP contribution < -0.4 is 5.32 Å². The lowest BCUT2D eigenvalue weighted by atomic mass is 9.95. The van der Waals surface area contributed by atoms with E-state index in [9.17, 15) is 4.79 Å². The van der Waals surface area contributed by atoms with E-state index in [1.165, 1.54) is 10.9 Å². The number of thiophene rings is 1. The third-order valence-electron chi connectivity index (χ3n) is 6.26. The van der Waals surface area contributed by atoms with E-state index >= 15 is 4.39 Å². The number of amides is 1. The van der Waals surface area contributed by atoms with Crippen LogP contribution in [0.5, 0.6) is 0 Å². The molecule has 3 N–H and O–H groups in total. The van der Waals surface area contributed by atoms with Gasteiger partial charge in [0.2, 0.25) is 5.91 Å². The Labute approximate surface area is 221 Å². The number of imidazole rings is 1. The fourth-order valence-corrected chi connectivity index (χ4v) is 5.12. The number of hydrogen-bond donors (Lipinski definition) is 3. The van der Waals surface area contributed by atoms with Gasteiger partial charge in [-0.2, -0.15) is 5.10 Å². The monoisotopic (exact) mass is 525 g/mol. The maximum atomic E-state index is 15.2. The molecular weight excluding hydrogens is 501 g/mol. The summed E-state index contributed by atoms with van der Waals surface area (Å²) in [6.07, 6.45) is 4.94. The number of benzene rings is 1. The molecule has 0 fully saturated rings. The summed E-state index contributed by atoms with van der Waals surface area (Å²) < 4.78 is 15.2. The Kier molecular flexibility index (Phi) is 5.57. The average molecular weight is 526 g/mol. The summed E-state index contributed by atoms with van der Waals surface area (Å²) in [4.78, 5) is 31.5. The highest BCUT2D eigenvalue weighted by molar-refractivity contribution is 7.15. The highest BCUT2D eigenvalue weighted by Gasteiger charge is 2.22. The Hall–Kier alpha value is -4.44. The van der Waals surface area contributed by atoms with Crippen molar-refractivity contribution in [3.05, 3.63) is 65.7 Å². The SMILES string of the molecule is Cc1ccc(-c2ccnc3nc(-c4[nH]nc5c(F)cc(-c6cncc(NC(=O)C(C)(C)C)c6)cc45)[nH]c23)s1. The molecule has 6 aromatic rings. The summed E-state index contributed by atoms with van der Waals surface area (Å²) >= 11 is 1.69. The highest BCUT2D eigenvalue weighted by Crippen LogP contribution is 2.35. The van der Waals surface area contributed by atoms with Crippen molar-refractivity contribution in [2.75, 3.05) is 5.32 Å². The second-order valence-electron chi connectivity index (χ2n) is 10.2. The standard InChI is InChI=1S/C28H24FN7OS/c1-14-5-6-21(38-14)18-7-8-31-25-23(18)33-26(34-25)24-19-10-15(11-20(29)22(19)35-36-24)16-9-17(13-30-12-16)32-27(37)28(2,3)4/h5-13H,1-4H3,(H,32,37)(H,35,36)(H,31,33,34). The van der Waals surface area contributed by atoms with Gasteiger partial charge < -0.3 is 10.3 Å². The van der Waals surface area contributed by atoms with Crippen molar-refractivity contribution in [3.63, 3.8) is 0 Å². The zero-order valence-corrected chi connectivity index (χ0v) is 22.0. The summed E-state index contributed by atoms with van der Waals surface area (Å²) in [7, 11) is 0. The number of carbonyl (C=O) groups excluding carboxylic acids is 1. The Morgan fingerprint density at radius 1 is 1.08 bits per heavy atom. The molecule has 5 aromatic heterocycles. The Morgan fingerprint density at radius 2 is 1.92 bits per heavy atom. The second kappa shape index (κ2) is 8.84. The number of aromatic nitrogens is 6. The zero-order valence-electron chi connectivity index (χ0n) is 21.2. The van der Waals surface area contributed by atoms with Gasteiger partial charge in [-0.15, -0.1) is 11.3 Å². The molecule has 38 heavy (non-hydrogen) atoms. The fourth-order valence-electron chi connectivity index (χ4n) is 4.22. The van der Waals surface area contributed by atoms with Crippen LogP contribution in [-0.2, 0) is 4.79 Å². The van der Waals surface area contributed by atoms with Gasteiger partial charge in [-0.3, -0.25) is 14.9 Å². The van der Waals surface area contributed by atoms with Gasteiger partial charge in [-0.1, -0.05) is 20.8 Å². The number of nitrogens with zero attached hydrogens (tertiary/aromatic N) is 4. The first-order valence-corrected chi connectivity index (χ1v) is 12.9. The van der Waals surface area contributed by atoms with Gasteiger partial charge in [0.05, 0.1) is 17.4 Å². The number of nitrogens with one attached hydrogen (secondary N) is 3. The number of aryl methyl sites for hydroxylation is 1. The van der Waals surface area contributed by atoms with Crippen molar-refractivity contribution in [2.45, 2.75) is 27.7 Å². The molecule has 8 nitrogen and oxygen atoms in total. The zero-order chi connectivity index (χ0) is 26.6. The summed E-state index contributed by atoms with van der Waals surface area (Å²) in [6.45, 7) is 7.57. The third kappa shape index (κ3) is 4.22. The van der Waals surface area contributed by atoms with Gasteiger partial charge in [0.15, 0.2) is 17.3 Å². The molecule has 0 bridgehead atoms. The van der Waals surface area contributed by atoms with Crippen LogP contribution in [0, 0.1) is 18.2 Å². The molecule has 0 spiro atoms. The minimum atomic E-state index is -0.559. The maximum absolute atomic E-state index is 15.2. The molecular formula is C28H24FN7OS. The first kappa shape index (κ1) is 23.9. The van der Waals surface area contributed by atoms with Crippen molar-refractivity contribution < 1.29 is 9.18 Å². The Balaban J connectivity index is 1.43. The van der Waals surface area contributed by atoms with Crippen LogP contribution in [0.3, 0.4) is 0 Å². The lowest BCUT2D eigenvalue weighted by Crippen LogP contribution is -2.27. The van der Waals surface area contributed by atoms with Crippen LogP contribution in [0.2, 0.25) is 0 Å². The van der Waals surface area contributed by atoms with Crippen LogP contribution in [-0.4, -0.2) is 36.0 Å². The van der Waals surface area contributed by atoms with Crippen LogP contribution in [0.25, 0.3) is 55.2 Å². The molecule has 0 aliphatic rings. The van der Waals surface area contributed by atoms with E-state index < -0.39 is 11.2 Å². The van der Waals surface area contributed by atoms with Gasteiger partial charge in [0.25, 0.3) is 0 Å². The first-order chi connectivity index (χ1) is 18.2. The normalized spacial score (nSPS) is 11.9. The molecule has 0 unspecified atom stereocenters. The van der Waals surface area contributed by atoms with E-state index in [0.717, 1.165) is 16.0 Å². The van der Waals surface area contributed by atoms with E-state index in [1.807, 2.05) is 32.9 Å². The first-order valence-electron chi connectivity index (χ1n) is 12.0. The number of hydrogen-bond acceptors (Lipinski definition) is 6. The average Bonchev–Trinajstić information content (AvgIpc) is 3.61.